The van der Waals surface area contributed by atoms with Crippen molar-refractivity contribution in [3.63, 3.8) is 0 Å². The SMILES string of the molecule is CCCC1CCC(C2CCC(CCc3ccc4cc(OC)ccc4c3F)CC2)CC1. The van der Waals surface area contributed by atoms with E-state index in [9.17, 15) is 0 Å². The number of methoxy groups -OCH3 is 1. The first kappa shape index (κ1) is 21.7. The van der Waals surface area contributed by atoms with E-state index in [2.05, 4.69) is 6.92 Å². The molecule has 0 aliphatic heterocycles. The number of hydrogen-bond acceptors (Lipinski definition) is 1. The smallest absolute Gasteiger partial charge is 0.134 e. The molecule has 0 heterocycles. The van der Waals surface area contributed by atoms with Crippen LogP contribution in [0.5, 0.6) is 5.75 Å². The van der Waals surface area contributed by atoms with E-state index in [0.717, 1.165) is 58.6 Å². The van der Waals surface area contributed by atoms with E-state index in [1.54, 1.807) is 7.11 Å². The number of hydrogen-bond donors (Lipinski definition) is 0. The van der Waals surface area contributed by atoms with Gasteiger partial charge in [-0.05, 0) is 91.3 Å². The van der Waals surface area contributed by atoms with Crippen molar-refractivity contribution in [2.45, 2.75) is 84.0 Å². The molecule has 1 nitrogen and oxygen atoms in total. The first-order valence-electron chi connectivity index (χ1n) is 12.4. The highest BCUT2D eigenvalue weighted by atomic mass is 19.1. The van der Waals surface area contributed by atoms with Gasteiger partial charge in [0, 0.05) is 5.39 Å². The normalized spacial score (nSPS) is 27.3. The summed E-state index contributed by atoms with van der Waals surface area (Å²) in [6.45, 7) is 2.33. The molecule has 30 heavy (non-hydrogen) atoms. The molecule has 2 aliphatic carbocycles. The van der Waals surface area contributed by atoms with Gasteiger partial charge in [-0.2, -0.15) is 0 Å². The minimum absolute atomic E-state index is 0.0346. The van der Waals surface area contributed by atoms with Crippen LogP contribution in [0.3, 0.4) is 0 Å². The van der Waals surface area contributed by atoms with Crippen LogP contribution in [-0.4, -0.2) is 7.11 Å². The van der Waals surface area contributed by atoms with Crippen LogP contribution in [0.15, 0.2) is 30.3 Å². The van der Waals surface area contributed by atoms with Gasteiger partial charge >= 0.3 is 0 Å². The summed E-state index contributed by atoms with van der Waals surface area (Å²) >= 11 is 0. The van der Waals surface area contributed by atoms with Crippen LogP contribution in [0.4, 0.5) is 4.39 Å². The van der Waals surface area contributed by atoms with Crippen LogP contribution >= 0.6 is 0 Å². The molecule has 0 atom stereocenters. The largest absolute Gasteiger partial charge is 0.497 e. The highest BCUT2D eigenvalue weighted by Gasteiger charge is 2.30. The lowest BCUT2D eigenvalue weighted by atomic mass is 9.68. The van der Waals surface area contributed by atoms with Crippen LogP contribution < -0.4 is 4.74 Å². The first-order chi connectivity index (χ1) is 14.7. The predicted octanol–water partition coefficient (Wildman–Crippen LogP) is 8.33. The molecule has 0 saturated heterocycles. The third-order valence-corrected chi connectivity index (χ3v) is 8.21. The summed E-state index contributed by atoms with van der Waals surface area (Å²) in [5.74, 6) is 4.51. The van der Waals surface area contributed by atoms with Crippen molar-refractivity contribution in [2.75, 3.05) is 7.11 Å². The predicted molar refractivity (Wildman–Crippen MR) is 125 cm³/mol. The molecule has 0 amide bonds. The molecule has 4 rings (SSSR count). The molecule has 2 aromatic carbocycles. The Hall–Kier alpha value is -1.57. The molecular weight excluding hydrogens is 371 g/mol. The lowest BCUT2D eigenvalue weighted by Crippen LogP contribution is -2.26. The van der Waals surface area contributed by atoms with Gasteiger partial charge in [-0.3, -0.25) is 0 Å². The van der Waals surface area contributed by atoms with E-state index in [0.29, 0.717) is 0 Å². The Balaban J connectivity index is 1.26. The van der Waals surface area contributed by atoms with E-state index < -0.39 is 0 Å². The third-order valence-electron chi connectivity index (χ3n) is 8.21. The zero-order valence-electron chi connectivity index (χ0n) is 19.0. The van der Waals surface area contributed by atoms with Gasteiger partial charge < -0.3 is 4.74 Å². The Bertz CT molecular complexity index is 813. The van der Waals surface area contributed by atoms with Crippen LogP contribution in [0.2, 0.25) is 0 Å². The molecule has 0 N–H and O–H groups in total. The lowest BCUT2D eigenvalue weighted by Gasteiger charge is -2.38. The fourth-order valence-corrected chi connectivity index (χ4v) is 6.30. The maximum absolute atomic E-state index is 15.0. The Labute approximate surface area is 182 Å². The summed E-state index contributed by atoms with van der Waals surface area (Å²) in [7, 11) is 1.65. The molecule has 0 unspecified atom stereocenters. The van der Waals surface area contributed by atoms with Gasteiger partial charge in [0.1, 0.15) is 11.6 Å². The van der Waals surface area contributed by atoms with Crippen molar-refractivity contribution in [2.24, 2.45) is 23.7 Å². The van der Waals surface area contributed by atoms with E-state index in [1.807, 2.05) is 30.3 Å². The summed E-state index contributed by atoms with van der Waals surface area (Å²) in [4.78, 5) is 0. The van der Waals surface area contributed by atoms with Crippen LogP contribution in [0.1, 0.15) is 83.1 Å². The number of halogens is 1. The van der Waals surface area contributed by atoms with Crippen LogP contribution in [0.25, 0.3) is 10.8 Å². The summed E-state index contributed by atoms with van der Waals surface area (Å²) in [5, 5.41) is 1.64. The molecule has 2 fully saturated rings. The number of ether oxygens (including phenoxy) is 1. The van der Waals surface area contributed by atoms with Gasteiger partial charge in [0.2, 0.25) is 0 Å². The molecule has 0 aromatic heterocycles. The van der Waals surface area contributed by atoms with Crippen molar-refractivity contribution in [1.29, 1.82) is 0 Å². The minimum Gasteiger partial charge on any atom is -0.497 e. The van der Waals surface area contributed by atoms with E-state index in [-0.39, 0.29) is 5.82 Å². The van der Waals surface area contributed by atoms with Gasteiger partial charge in [-0.1, -0.05) is 57.6 Å². The van der Waals surface area contributed by atoms with Crippen molar-refractivity contribution in [1.82, 2.24) is 0 Å². The zero-order valence-corrected chi connectivity index (χ0v) is 19.0. The van der Waals surface area contributed by atoms with Crippen molar-refractivity contribution in [3.8, 4) is 5.75 Å². The molecule has 0 radical (unpaired) electrons. The molecule has 0 bridgehead atoms. The maximum Gasteiger partial charge on any atom is 0.134 e. The average molecular weight is 411 g/mol. The summed E-state index contributed by atoms with van der Waals surface area (Å²) in [6.07, 6.45) is 16.2. The van der Waals surface area contributed by atoms with Crippen LogP contribution in [0, 0.1) is 29.5 Å². The molecule has 164 valence electrons. The van der Waals surface area contributed by atoms with Gasteiger partial charge in [-0.15, -0.1) is 0 Å². The number of benzene rings is 2. The fraction of sp³-hybridized carbons (Fsp3) is 0.643. The standard InChI is InChI=1S/C28H39FO/c1-3-4-20-5-10-22(11-6-20)23-12-7-21(8-13-23)9-14-24-15-16-25-19-26(30-2)17-18-27(25)28(24)29/h15-23H,3-14H2,1-2H3. The Morgan fingerprint density at radius 3 is 2.07 bits per heavy atom. The molecule has 2 heteroatoms. The van der Waals surface area contributed by atoms with Gasteiger partial charge in [-0.25, -0.2) is 4.39 Å². The maximum atomic E-state index is 15.0. The summed E-state index contributed by atoms with van der Waals surface area (Å²) < 4.78 is 20.3. The highest BCUT2D eigenvalue weighted by Crippen LogP contribution is 2.43. The van der Waals surface area contributed by atoms with E-state index >= 15 is 4.39 Å². The number of fused-ring (bicyclic) bond motifs is 1. The van der Waals surface area contributed by atoms with Crippen molar-refractivity contribution < 1.29 is 9.13 Å². The minimum atomic E-state index is -0.0346. The second kappa shape index (κ2) is 10.2. The average Bonchev–Trinajstić information content (AvgIpc) is 2.79. The monoisotopic (exact) mass is 410 g/mol. The molecule has 2 aliphatic rings. The Morgan fingerprint density at radius 2 is 1.47 bits per heavy atom. The first-order valence-corrected chi connectivity index (χ1v) is 12.4. The van der Waals surface area contributed by atoms with Gasteiger partial charge in [0.15, 0.2) is 0 Å². The lowest BCUT2D eigenvalue weighted by molar-refractivity contribution is 0.141. The number of aryl methyl sites for hydroxylation is 1. The van der Waals surface area contributed by atoms with Crippen molar-refractivity contribution >= 4 is 10.8 Å². The van der Waals surface area contributed by atoms with E-state index in [4.69, 9.17) is 4.74 Å². The third kappa shape index (κ3) is 5.01. The summed E-state index contributed by atoms with van der Waals surface area (Å²) in [5.41, 5.74) is 0.879. The summed E-state index contributed by atoms with van der Waals surface area (Å²) in [6, 6.07) is 9.65. The second-order valence-corrected chi connectivity index (χ2v) is 10.0. The zero-order chi connectivity index (χ0) is 20.9. The molecular formula is C28H39FO. The number of rotatable bonds is 7. The highest BCUT2D eigenvalue weighted by molar-refractivity contribution is 5.85. The van der Waals surface area contributed by atoms with Crippen LogP contribution in [-0.2, 0) is 6.42 Å². The fourth-order valence-electron chi connectivity index (χ4n) is 6.30. The molecule has 2 saturated carbocycles. The second-order valence-electron chi connectivity index (χ2n) is 10.0. The Morgan fingerprint density at radius 1 is 0.833 bits per heavy atom. The van der Waals surface area contributed by atoms with Gasteiger partial charge in [0.25, 0.3) is 0 Å². The molecule has 0 spiro atoms. The Kier molecular flexibility index (Phi) is 7.33. The van der Waals surface area contributed by atoms with Gasteiger partial charge in [0.05, 0.1) is 7.11 Å². The topological polar surface area (TPSA) is 9.23 Å². The molecule has 2 aromatic rings. The van der Waals surface area contributed by atoms with E-state index in [1.165, 1.54) is 64.2 Å². The quantitative estimate of drug-likeness (QED) is 0.446. The van der Waals surface area contributed by atoms with Crippen molar-refractivity contribution in [3.05, 3.63) is 41.7 Å².